The third kappa shape index (κ3) is 3.64. The van der Waals surface area contributed by atoms with E-state index in [1.54, 1.807) is 6.20 Å². The Morgan fingerprint density at radius 1 is 1.28 bits per heavy atom. The molecule has 3 aromatic rings. The third-order valence-electron chi connectivity index (χ3n) is 4.64. The number of benzene rings is 2. The van der Waals surface area contributed by atoms with Crippen molar-refractivity contribution in [1.29, 1.82) is 0 Å². The number of hydrogen-bond acceptors (Lipinski definition) is 8. The van der Waals surface area contributed by atoms with E-state index in [0.717, 1.165) is 6.54 Å². The summed E-state index contributed by atoms with van der Waals surface area (Å²) in [6.45, 7) is 2.85. The van der Waals surface area contributed by atoms with Crippen LogP contribution in [0, 0.1) is 6.92 Å². The summed E-state index contributed by atoms with van der Waals surface area (Å²) in [4.78, 5) is 46.4. The number of ether oxygens (including phenoxy) is 1. The third-order valence-corrected chi connectivity index (χ3v) is 4.64. The maximum Gasteiger partial charge on any atom is 0.340 e. The van der Waals surface area contributed by atoms with Crippen LogP contribution < -0.4 is 21.4 Å². The maximum absolute atomic E-state index is 12.7. The molecule has 9 heteroatoms. The van der Waals surface area contributed by atoms with Gasteiger partial charge in [0.25, 0.3) is 0 Å². The number of aromatic nitrogens is 2. The lowest BCUT2D eigenvalue weighted by Gasteiger charge is -2.10. The molecule has 0 aliphatic heterocycles. The van der Waals surface area contributed by atoms with Crippen LogP contribution in [0.2, 0.25) is 0 Å². The quantitative estimate of drug-likeness (QED) is 0.308. The van der Waals surface area contributed by atoms with Crippen molar-refractivity contribution in [3.63, 3.8) is 0 Å². The standard InChI is InChI=1S/C20H22N4O5/c1-10-18(26)12(9-21-7-8-24(2)3)15-17(19(10)27)23-14-11(20(28)29-4)5-6-13(25)16(14)22-15/h5-6,9,21,23,26H,7-8H2,1-4H3. The van der Waals surface area contributed by atoms with Crippen LogP contribution >= 0.6 is 0 Å². The number of phenolic OH excluding ortho intramolecular Hbond substituents is 1. The highest BCUT2D eigenvalue weighted by molar-refractivity contribution is 6.03. The molecule has 0 unspecified atom stereocenters. The zero-order chi connectivity index (χ0) is 21.3. The van der Waals surface area contributed by atoms with Gasteiger partial charge in [-0.2, -0.15) is 0 Å². The molecular formula is C20H22N4O5. The summed E-state index contributed by atoms with van der Waals surface area (Å²) >= 11 is 0. The molecule has 0 saturated carbocycles. The molecule has 0 spiro atoms. The number of carbonyl (C=O) groups excluding carboxylic acids is 1. The first-order valence-corrected chi connectivity index (χ1v) is 8.95. The fourth-order valence-corrected chi connectivity index (χ4v) is 3.01. The van der Waals surface area contributed by atoms with Crippen molar-refractivity contribution in [1.82, 2.24) is 20.2 Å². The number of rotatable bonds is 5. The van der Waals surface area contributed by atoms with Crippen molar-refractivity contribution in [2.75, 3.05) is 34.3 Å². The molecule has 1 heterocycles. The summed E-state index contributed by atoms with van der Waals surface area (Å²) in [6, 6.07) is 2.54. The van der Waals surface area contributed by atoms with Gasteiger partial charge in [-0.3, -0.25) is 9.59 Å². The highest BCUT2D eigenvalue weighted by Gasteiger charge is 2.18. The van der Waals surface area contributed by atoms with Gasteiger partial charge < -0.3 is 25.0 Å². The van der Waals surface area contributed by atoms with Crippen LogP contribution in [0.5, 0.6) is 5.75 Å². The predicted octanol–water partition coefficient (Wildman–Crippen LogP) is -0.155. The predicted molar refractivity (Wildman–Crippen MR) is 110 cm³/mol. The smallest absolute Gasteiger partial charge is 0.340 e. The van der Waals surface area contributed by atoms with Gasteiger partial charge in [0.05, 0.1) is 23.4 Å². The molecule has 0 radical (unpaired) electrons. The maximum atomic E-state index is 12.7. The zero-order valence-electron chi connectivity index (χ0n) is 16.6. The van der Waals surface area contributed by atoms with Crippen LogP contribution in [0.15, 0.2) is 21.7 Å². The first-order chi connectivity index (χ1) is 13.8. The van der Waals surface area contributed by atoms with Crippen LogP contribution in [0.25, 0.3) is 28.3 Å². The number of phenols is 1. The average molecular weight is 398 g/mol. The molecule has 0 atom stereocenters. The Morgan fingerprint density at radius 2 is 2.00 bits per heavy atom. The minimum atomic E-state index is -0.660. The van der Waals surface area contributed by atoms with Gasteiger partial charge in [-0.05, 0) is 33.2 Å². The molecule has 9 nitrogen and oxygen atoms in total. The van der Waals surface area contributed by atoms with E-state index in [4.69, 9.17) is 4.74 Å². The number of hydrogen-bond donors (Lipinski definition) is 3. The largest absolute Gasteiger partial charge is 0.507 e. The topological polar surface area (TPSA) is 125 Å². The van der Waals surface area contributed by atoms with Crippen molar-refractivity contribution in [3.8, 4) is 5.75 Å². The summed E-state index contributed by atoms with van der Waals surface area (Å²) in [5.74, 6) is -0.871. The highest BCUT2D eigenvalue weighted by atomic mass is 16.5. The van der Waals surface area contributed by atoms with Gasteiger partial charge in [0.15, 0.2) is 0 Å². The molecule has 29 heavy (non-hydrogen) atoms. The molecule has 0 fully saturated rings. The fourth-order valence-electron chi connectivity index (χ4n) is 3.01. The van der Waals surface area contributed by atoms with Gasteiger partial charge in [-0.1, -0.05) is 0 Å². The lowest BCUT2D eigenvalue weighted by atomic mass is 10.1. The van der Waals surface area contributed by atoms with Crippen LogP contribution in [0.3, 0.4) is 0 Å². The molecule has 0 amide bonds. The van der Waals surface area contributed by atoms with Crippen LogP contribution in [-0.2, 0) is 4.74 Å². The van der Waals surface area contributed by atoms with Crippen molar-refractivity contribution in [3.05, 3.63) is 48.9 Å². The first-order valence-electron chi connectivity index (χ1n) is 8.95. The Kier molecular flexibility index (Phi) is 5.51. The van der Waals surface area contributed by atoms with Crippen molar-refractivity contribution >= 4 is 34.2 Å². The molecule has 0 bridgehead atoms. The summed E-state index contributed by atoms with van der Waals surface area (Å²) in [6.07, 6.45) is 1.56. The van der Waals surface area contributed by atoms with Gasteiger partial charge in [0, 0.05) is 24.9 Å². The Labute approximate surface area is 165 Å². The van der Waals surface area contributed by atoms with E-state index >= 15 is 0 Å². The number of aromatic hydroxyl groups is 1. The molecule has 0 aliphatic rings. The number of fused-ring (bicyclic) bond motifs is 2. The minimum absolute atomic E-state index is 0.0222. The molecule has 2 aromatic carbocycles. The SMILES string of the molecule is COC(=O)c1ccc(=O)c2nc3c(=CNCCN(C)C)c(O)c(C)c(=O)c3[nH]c12. The molecule has 3 N–H and O–H groups in total. The Bertz CT molecular complexity index is 1280. The molecule has 0 aliphatic carbocycles. The minimum Gasteiger partial charge on any atom is -0.507 e. The van der Waals surface area contributed by atoms with Crippen LogP contribution in [-0.4, -0.2) is 60.2 Å². The molecule has 3 rings (SSSR count). The number of likely N-dealkylation sites (N-methyl/N-ethyl adjacent to an activating group) is 1. The zero-order valence-corrected chi connectivity index (χ0v) is 16.6. The molecular weight excluding hydrogens is 376 g/mol. The summed E-state index contributed by atoms with van der Waals surface area (Å²) in [5, 5.41) is 13.9. The fraction of sp³-hybridized carbons (Fsp3) is 0.300. The van der Waals surface area contributed by atoms with Crippen molar-refractivity contribution < 1.29 is 14.6 Å². The summed E-state index contributed by atoms with van der Waals surface area (Å²) in [5.41, 5.74) is -0.346. The second-order valence-electron chi connectivity index (χ2n) is 6.91. The number of aromatic amines is 1. The Hall–Kier alpha value is -3.46. The first kappa shape index (κ1) is 20.3. The number of esters is 1. The highest BCUT2D eigenvalue weighted by Crippen LogP contribution is 2.17. The van der Waals surface area contributed by atoms with E-state index in [1.807, 2.05) is 19.0 Å². The van der Waals surface area contributed by atoms with Gasteiger partial charge >= 0.3 is 5.97 Å². The second-order valence-corrected chi connectivity index (χ2v) is 6.91. The van der Waals surface area contributed by atoms with E-state index in [0.29, 0.717) is 6.54 Å². The Morgan fingerprint density at radius 3 is 2.66 bits per heavy atom. The number of nitrogens with zero attached hydrogens (tertiary/aromatic N) is 2. The van der Waals surface area contributed by atoms with E-state index in [-0.39, 0.29) is 44.2 Å². The number of H-pyrrole nitrogens is 1. The van der Waals surface area contributed by atoms with E-state index in [1.165, 1.54) is 26.2 Å². The van der Waals surface area contributed by atoms with Crippen molar-refractivity contribution in [2.24, 2.45) is 0 Å². The summed E-state index contributed by atoms with van der Waals surface area (Å²) < 4.78 is 4.75. The van der Waals surface area contributed by atoms with E-state index < -0.39 is 16.8 Å². The monoisotopic (exact) mass is 398 g/mol. The lowest BCUT2D eigenvalue weighted by Crippen LogP contribution is -2.26. The van der Waals surface area contributed by atoms with Crippen LogP contribution in [0.4, 0.5) is 0 Å². The van der Waals surface area contributed by atoms with E-state index in [9.17, 15) is 19.5 Å². The van der Waals surface area contributed by atoms with Gasteiger partial charge in [0.1, 0.15) is 22.3 Å². The van der Waals surface area contributed by atoms with Gasteiger partial charge in [0.2, 0.25) is 10.9 Å². The lowest BCUT2D eigenvalue weighted by molar-refractivity contribution is 0.0602. The number of carbonyl (C=O) groups is 1. The average Bonchev–Trinajstić information content (AvgIpc) is 2.70. The van der Waals surface area contributed by atoms with Crippen molar-refractivity contribution in [2.45, 2.75) is 6.92 Å². The van der Waals surface area contributed by atoms with Crippen LogP contribution in [0.1, 0.15) is 15.9 Å². The normalized spacial score (nSPS) is 12.1. The van der Waals surface area contributed by atoms with Gasteiger partial charge in [-0.25, -0.2) is 9.78 Å². The number of methoxy groups -OCH3 is 1. The number of nitrogens with one attached hydrogen (secondary N) is 2. The van der Waals surface area contributed by atoms with E-state index in [2.05, 4.69) is 15.3 Å². The second kappa shape index (κ2) is 7.88. The summed E-state index contributed by atoms with van der Waals surface area (Å²) in [7, 11) is 5.09. The molecule has 1 aromatic heterocycles. The Balaban J connectivity index is 2.37. The van der Waals surface area contributed by atoms with Gasteiger partial charge in [-0.15, -0.1) is 0 Å². The molecule has 152 valence electrons. The molecule has 0 saturated heterocycles.